The molecule has 0 aliphatic carbocycles. The summed E-state index contributed by atoms with van der Waals surface area (Å²) in [6.07, 6.45) is 2.88. The van der Waals surface area contributed by atoms with Crippen LogP contribution in [-0.2, 0) is 24.7 Å². The standard InChI is InChI=1S/C26H28F2N4O/c1-15-8-21-22(30-25(33)9-15)5-4-6-23(21)32-13-16(2)7-17-10-19(18-12-29-31(3)14-18)20(26(27)28)11-24(17)32/h4-6,10-12,14-16,26H,7-9,13H2,1-3H3,(H,30,33)/t15-,16-/m0/s1. The molecule has 0 saturated heterocycles. The van der Waals surface area contributed by atoms with Crippen LogP contribution >= 0.6 is 0 Å². The van der Waals surface area contributed by atoms with Gasteiger partial charge < -0.3 is 10.2 Å². The van der Waals surface area contributed by atoms with E-state index in [1.54, 1.807) is 30.2 Å². The highest BCUT2D eigenvalue weighted by Gasteiger charge is 2.30. The van der Waals surface area contributed by atoms with Crippen LogP contribution in [0.25, 0.3) is 11.1 Å². The van der Waals surface area contributed by atoms with Crippen LogP contribution < -0.4 is 10.2 Å². The van der Waals surface area contributed by atoms with E-state index in [9.17, 15) is 13.6 Å². The number of halogens is 2. The van der Waals surface area contributed by atoms with Gasteiger partial charge in [-0.2, -0.15) is 5.10 Å². The van der Waals surface area contributed by atoms with E-state index in [1.165, 1.54) is 0 Å². The first-order valence-corrected chi connectivity index (χ1v) is 11.4. The molecule has 2 atom stereocenters. The Morgan fingerprint density at radius 3 is 2.64 bits per heavy atom. The number of nitrogens with zero attached hydrogens (tertiary/aromatic N) is 3. The summed E-state index contributed by atoms with van der Waals surface area (Å²) in [5.41, 5.74) is 6.03. The highest BCUT2D eigenvalue weighted by atomic mass is 19.3. The number of carbonyl (C=O) groups excluding carboxylic acids is 1. The van der Waals surface area contributed by atoms with Crippen molar-refractivity contribution in [1.29, 1.82) is 0 Å². The second-order valence-electron chi connectivity index (χ2n) is 9.56. The third-order valence-electron chi connectivity index (χ3n) is 6.66. The number of anilines is 3. The van der Waals surface area contributed by atoms with Crippen LogP contribution in [0.15, 0.2) is 42.7 Å². The molecule has 2 aliphatic heterocycles. The van der Waals surface area contributed by atoms with Crippen molar-refractivity contribution in [2.45, 2.75) is 39.5 Å². The van der Waals surface area contributed by atoms with E-state index in [-0.39, 0.29) is 17.4 Å². The van der Waals surface area contributed by atoms with Crippen LogP contribution in [0, 0.1) is 11.8 Å². The van der Waals surface area contributed by atoms with Crippen LogP contribution in [-0.4, -0.2) is 22.2 Å². The Morgan fingerprint density at radius 1 is 1.09 bits per heavy atom. The molecule has 0 spiro atoms. The molecule has 0 radical (unpaired) electrons. The second-order valence-corrected chi connectivity index (χ2v) is 9.56. The van der Waals surface area contributed by atoms with Gasteiger partial charge in [0.05, 0.1) is 6.20 Å². The number of nitrogens with one attached hydrogen (secondary N) is 1. The molecule has 0 saturated carbocycles. The molecule has 5 nitrogen and oxygen atoms in total. The molecule has 0 bridgehead atoms. The van der Waals surface area contributed by atoms with Crippen molar-refractivity contribution >= 4 is 23.0 Å². The van der Waals surface area contributed by atoms with Crippen molar-refractivity contribution in [3.63, 3.8) is 0 Å². The number of fused-ring (bicyclic) bond motifs is 2. The Morgan fingerprint density at radius 2 is 1.91 bits per heavy atom. The molecule has 0 fully saturated rings. The van der Waals surface area contributed by atoms with Gasteiger partial charge in [0, 0.05) is 54.4 Å². The number of rotatable bonds is 3. The summed E-state index contributed by atoms with van der Waals surface area (Å²) in [4.78, 5) is 14.4. The van der Waals surface area contributed by atoms with Crippen LogP contribution in [0.2, 0.25) is 0 Å². The highest BCUT2D eigenvalue weighted by molar-refractivity contribution is 5.94. The van der Waals surface area contributed by atoms with Gasteiger partial charge in [0.2, 0.25) is 5.91 Å². The highest BCUT2D eigenvalue weighted by Crippen LogP contribution is 2.44. The maximum atomic E-state index is 14.2. The summed E-state index contributed by atoms with van der Waals surface area (Å²) in [6, 6.07) is 9.48. The molecule has 3 heterocycles. The zero-order valence-corrected chi connectivity index (χ0v) is 19.1. The molecule has 1 amide bonds. The Balaban J connectivity index is 1.67. The minimum Gasteiger partial charge on any atom is -0.341 e. The molecule has 1 aromatic heterocycles. The predicted molar refractivity (Wildman–Crippen MR) is 126 cm³/mol. The summed E-state index contributed by atoms with van der Waals surface area (Å²) in [7, 11) is 1.79. The fourth-order valence-corrected chi connectivity index (χ4v) is 5.23. The predicted octanol–water partition coefficient (Wildman–Crippen LogP) is 5.88. The van der Waals surface area contributed by atoms with Crippen molar-refractivity contribution in [1.82, 2.24) is 9.78 Å². The first-order chi connectivity index (χ1) is 15.8. The van der Waals surface area contributed by atoms with Gasteiger partial charge in [-0.15, -0.1) is 0 Å². The topological polar surface area (TPSA) is 50.2 Å². The summed E-state index contributed by atoms with van der Waals surface area (Å²) in [6.45, 7) is 5.00. The molecular formula is C26H28F2N4O. The number of aryl methyl sites for hydroxylation is 1. The molecule has 7 heteroatoms. The molecule has 0 unspecified atom stereocenters. The van der Waals surface area contributed by atoms with Crippen LogP contribution in [0.3, 0.4) is 0 Å². The SMILES string of the molecule is C[C@@H]1CC(=O)Nc2cccc(N3C[C@@H](C)Cc4cc(-c5cnn(C)c5)c(C(F)F)cc43)c2C1. The average molecular weight is 451 g/mol. The minimum absolute atomic E-state index is 0.0185. The van der Waals surface area contributed by atoms with Gasteiger partial charge in [0.15, 0.2) is 0 Å². The zero-order valence-electron chi connectivity index (χ0n) is 19.1. The summed E-state index contributed by atoms with van der Waals surface area (Å²) in [5.74, 6) is 0.580. The van der Waals surface area contributed by atoms with Gasteiger partial charge in [0.1, 0.15) is 0 Å². The van der Waals surface area contributed by atoms with Crippen molar-refractivity contribution in [3.8, 4) is 11.1 Å². The maximum absolute atomic E-state index is 14.2. The van der Waals surface area contributed by atoms with Crippen molar-refractivity contribution in [2.75, 3.05) is 16.8 Å². The lowest BCUT2D eigenvalue weighted by atomic mass is 9.88. The number of hydrogen-bond donors (Lipinski definition) is 1. The van der Waals surface area contributed by atoms with Crippen LogP contribution in [0.4, 0.5) is 25.8 Å². The Kier molecular flexibility index (Phi) is 5.43. The lowest BCUT2D eigenvalue weighted by molar-refractivity contribution is -0.116. The van der Waals surface area contributed by atoms with E-state index in [0.717, 1.165) is 47.6 Å². The third-order valence-corrected chi connectivity index (χ3v) is 6.66. The molecule has 2 aliphatic rings. The zero-order chi connectivity index (χ0) is 23.3. The third kappa shape index (κ3) is 4.01. The normalized spacial score (nSPS) is 20.3. The fraction of sp³-hybridized carbons (Fsp3) is 0.385. The van der Waals surface area contributed by atoms with Gasteiger partial charge >= 0.3 is 0 Å². The van der Waals surface area contributed by atoms with Crippen LogP contribution in [0.5, 0.6) is 0 Å². The number of benzene rings is 2. The van der Waals surface area contributed by atoms with E-state index in [0.29, 0.717) is 23.5 Å². The summed E-state index contributed by atoms with van der Waals surface area (Å²) in [5, 5.41) is 7.22. The number of hydrogen-bond acceptors (Lipinski definition) is 3. The first-order valence-electron chi connectivity index (χ1n) is 11.4. The number of aromatic nitrogens is 2. The molecule has 5 rings (SSSR count). The maximum Gasteiger partial charge on any atom is 0.264 e. The number of carbonyl (C=O) groups is 1. The van der Waals surface area contributed by atoms with Crippen molar-refractivity contribution < 1.29 is 13.6 Å². The van der Waals surface area contributed by atoms with E-state index in [2.05, 4.69) is 29.2 Å². The molecule has 3 aromatic rings. The Labute approximate surface area is 192 Å². The fourth-order valence-electron chi connectivity index (χ4n) is 5.23. The van der Waals surface area contributed by atoms with E-state index >= 15 is 0 Å². The Hall–Kier alpha value is -3.22. The van der Waals surface area contributed by atoms with Gasteiger partial charge in [-0.1, -0.05) is 19.9 Å². The lowest BCUT2D eigenvalue weighted by Gasteiger charge is -2.37. The van der Waals surface area contributed by atoms with Gasteiger partial charge in [-0.25, -0.2) is 8.78 Å². The smallest absolute Gasteiger partial charge is 0.264 e. The van der Waals surface area contributed by atoms with Gasteiger partial charge in [-0.3, -0.25) is 9.48 Å². The first kappa shape index (κ1) is 21.6. The van der Waals surface area contributed by atoms with Gasteiger partial charge in [-0.05, 0) is 65.6 Å². The lowest BCUT2D eigenvalue weighted by Crippen LogP contribution is -2.31. The van der Waals surface area contributed by atoms with E-state index < -0.39 is 6.43 Å². The largest absolute Gasteiger partial charge is 0.341 e. The average Bonchev–Trinajstić information content (AvgIpc) is 3.12. The molecule has 33 heavy (non-hydrogen) atoms. The molecule has 1 N–H and O–H groups in total. The summed E-state index contributed by atoms with van der Waals surface area (Å²) < 4.78 is 30.1. The molecular weight excluding hydrogens is 422 g/mol. The van der Waals surface area contributed by atoms with Crippen molar-refractivity contribution in [3.05, 3.63) is 59.4 Å². The number of amides is 1. The summed E-state index contributed by atoms with van der Waals surface area (Å²) >= 11 is 0. The number of alkyl halides is 2. The Bertz CT molecular complexity index is 1220. The van der Waals surface area contributed by atoms with Crippen molar-refractivity contribution in [2.24, 2.45) is 18.9 Å². The van der Waals surface area contributed by atoms with E-state index in [1.807, 2.05) is 24.3 Å². The monoisotopic (exact) mass is 450 g/mol. The van der Waals surface area contributed by atoms with Gasteiger partial charge in [0.25, 0.3) is 6.43 Å². The quantitative estimate of drug-likeness (QED) is 0.543. The second kappa shape index (κ2) is 8.28. The molecule has 2 aromatic carbocycles. The van der Waals surface area contributed by atoms with Crippen LogP contribution in [0.1, 0.15) is 43.4 Å². The van der Waals surface area contributed by atoms with E-state index in [4.69, 9.17) is 0 Å². The molecule has 172 valence electrons. The minimum atomic E-state index is -2.60.